The molecule has 3 aromatic rings. The Morgan fingerprint density at radius 2 is 2.31 bits per heavy atom. The summed E-state index contributed by atoms with van der Waals surface area (Å²) in [4.78, 5) is 25.2. The second kappa shape index (κ2) is 6.87. The van der Waals surface area contributed by atoms with Gasteiger partial charge in [-0.15, -0.1) is 0 Å². The number of nitrogens with zero attached hydrogens (tertiary/aromatic N) is 4. The summed E-state index contributed by atoms with van der Waals surface area (Å²) in [6.07, 6.45) is 4.56. The SMILES string of the molecule is O=C(c1ccc(F)nc1)N1CCCC(c2nc(-c3cc(Cl)c[nH]3)no2)C1. The minimum atomic E-state index is -0.610. The first kappa shape index (κ1) is 16.7. The number of nitrogens with one attached hydrogen (secondary N) is 1. The molecule has 3 aromatic heterocycles. The molecule has 1 atom stereocenters. The van der Waals surface area contributed by atoms with Crippen molar-refractivity contribution in [2.75, 3.05) is 13.1 Å². The molecule has 4 heterocycles. The van der Waals surface area contributed by atoms with Crippen LogP contribution in [0.25, 0.3) is 11.5 Å². The maximum absolute atomic E-state index is 12.9. The maximum atomic E-state index is 12.9. The van der Waals surface area contributed by atoms with Gasteiger partial charge in [0.25, 0.3) is 5.91 Å². The lowest BCUT2D eigenvalue weighted by molar-refractivity contribution is 0.0695. The molecule has 7 nitrogen and oxygen atoms in total. The van der Waals surface area contributed by atoms with E-state index in [1.54, 1.807) is 17.2 Å². The summed E-state index contributed by atoms with van der Waals surface area (Å²) in [7, 11) is 0. The third-order valence-electron chi connectivity index (χ3n) is 4.36. The fourth-order valence-corrected chi connectivity index (χ4v) is 3.22. The molecule has 1 aliphatic rings. The minimum Gasteiger partial charge on any atom is -0.357 e. The van der Waals surface area contributed by atoms with Crippen LogP contribution in [0.1, 0.15) is 35.0 Å². The fraction of sp³-hybridized carbons (Fsp3) is 0.294. The van der Waals surface area contributed by atoms with Crippen molar-refractivity contribution in [3.8, 4) is 11.5 Å². The Morgan fingerprint density at radius 3 is 3.04 bits per heavy atom. The number of rotatable bonds is 3. The number of aromatic nitrogens is 4. The molecule has 0 saturated carbocycles. The number of hydrogen-bond donors (Lipinski definition) is 1. The van der Waals surface area contributed by atoms with Gasteiger partial charge in [-0.25, -0.2) is 4.98 Å². The molecule has 1 unspecified atom stereocenters. The average molecular weight is 376 g/mol. The van der Waals surface area contributed by atoms with Crippen molar-refractivity contribution >= 4 is 17.5 Å². The maximum Gasteiger partial charge on any atom is 0.255 e. The van der Waals surface area contributed by atoms with E-state index in [4.69, 9.17) is 16.1 Å². The van der Waals surface area contributed by atoms with Crippen LogP contribution in [0.4, 0.5) is 4.39 Å². The second-order valence-electron chi connectivity index (χ2n) is 6.15. The number of carbonyl (C=O) groups excluding carboxylic acids is 1. The highest BCUT2D eigenvalue weighted by Crippen LogP contribution is 2.28. The third-order valence-corrected chi connectivity index (χ3v) is 4.58. The quantitative estimate of drug-likeness (QED) is 0.710. The van der Waals surface area contributed by atoms with Crippen molar-refractivity contribution in [3.05, 3.63) is 53.0 Å². The van der Waals surface area contributed by atoms with E-state index in [2.05, 4.69) is 20.1 Å². The van der Waals surface area contributed by atoms with E-state index >= 15 is 0 Å². The fourth-order valence-electron chi connectivity index (χ4n) is 3.06. The van der Waals surface area contributed by atoms with E-state index < -0.39 is 5.95 Å². The summed E-state index contributed by atoms with van der Waals surface area (Å²) in [5, 5.41) is 4.55. The van der Waals surface area contributed by atoms with Crippen LogP contribution in [0.3, 0.4) is 0 Å². The highest BCUT2D eigenvalue weighted by molar-refractivity contribution is 6.30. The molecule has 4 rings (SSSR count). The van der Waals surface area contributed by atoms with Gasteiger partial charge < -0.3 is 14.4 Å². The van der Waals surface area contributed by atoms with Gasteiger partial charge in [-0.2, -0.15) is 9.37 Å². The van der Waals surface area contributed by atoms with Crippen molar-refractivity contribution in [2.45, 2.75) is 18.8 Å². The van der Waals surface area contributed by atoms with Gasteiger partial charge in [-0.05, 0) is 31.0 Å². The van der Waals surface area contributed by atoms with Crippen molar-refractivity contribution < 1.29 is 13.7 Å². The van der Waals surface area contributed by atoms with Crippen LogP contribution >= 0.6 is 11.6 Å². The standard InChI is InChI=1S/C17H15ClFN5O2/c18-12-6-13(20-8-12)15-22-16(26-23-15)11-2-1-5-24(9-11)17(25)10-3-4-14(19)21-7-10/h3-4,6-8,11,20H,1-2,5,9H2. The third kappa shape index (κ3) is 3.32. The summed E-state index contributed by atoms with van der Waals surface area (Å²) in [6, 6.07) is 4.34. The second-order valence-corrected chi connectivity index (χ2v) is 6.58. The van der Waals surface area contributed by atoms with Crippen LogP contribution < -0.4 is 0 Å². The summed E-state index contributed by atoms with van der Waals surface area (Å²) in [6.45, 7) is 1.09. The molecule has 1 fully saturated rings. The average Bonchev–Trinajstić information content (AvgIpc) is 3.31. The molecule has 1 N–H and O–H groups in total. The molecule has 9 heteroatoms. The van der Waals surface area contributed by atoms with Gasteiger partial charge in [-0.3, -0.25) is 4.79 Å². The van der Waals surface area contributed by atoms with E-state index in [1.165, 1.54) is 18.3 Å². The highest BCUT2D eigenvalue weighted by Gasteiger charge is 2.29. The Bertz CT molecular complexity index is 923. The van der Waals surface area contributed by atoms with Crippen LogP contribution in [0.5, 0.6) is 0 Å². The zero-order valence-corrected chi connectivity index (χ0v) is 14.4. The molecule has 0 spiro atoms. The number of likely N-dealkylation sites (tertiary alicyclic amines) is 1. The molecular weight excluding hydrogens is 361 g/mol. The van der Waals surface area contributed by atoms with Crippen molar-refractivity contribution in [1.82, 2.24) is 25.0 Å². The number of piperidine rings is 1. The Hall–Kier alpha value is -2.74. The van der Waals surface area contributed by atoms with E-state index in [9.17, 15) is 9.18 Å². The first-order valence-corrected chi connectivity index (χ1v) is 8.56. The molecule has 0 bridgehead atoms. The van der Waals surface area contributed by atoms with Crippen molar-refractivity contribution in [1.29, 1.82) is 0 Å². The number of halogens is 2. The molecule has 1 amide bonds. The van der Waals surface area contributed by atoms with E-state index in [-0.39, 0.29) is 11.8 Å². The molecule has 1 saturated heterocycles. The van der Waals surface area contributed by atoms with Crippen LogP contribution in [-0.4, -0.2) is 44.0 Å². The smallest absolute Gasteiger partial charge is 0.255 e. The number of H-pyrrole nitrogens is 1. The van der Waals surface area contributed by atoms with Gasteiger partial charge in [0.1, 0.15) is 0 Å². The molecule has 0 aromatic carbocycles. The Morgan fingerprint density at radius 1 is 1.42 bits per heavy atom. The van der Waals surface area contributed by atoms with Gasteiger partial charge in [0.2, 0.25) is 17.7 Å². The van der Waals surface area contributed by atoms with E-state index in [0.717, 1.165) is 12.8 Å². The highest BCUT2D eigenvalue weighted by atomic mass is 35.5. The van der Waals surface area contributed by atoms with Crippen LogP contribution in [0.15, 0.2) is 35.1 Å². The van der Waals surface area contributed by atoms with Gasteiger partial charge in [-0.1, -0.05) is 16.8 Å². The molecule has 134 valence electrons. The predicted octanol–water partition coefficient (Wildman–Crippen LogP) is 3.27. The normalized spacial score (nSPS) is 17.5. The molecule has 0 aliphatic carbocycles. The van der Waals surface area contributed by atoms with Crippen molar-refractivity contribution in [3.63, 3.8) is 0 Å². The van der Waals surface area contributed by atoms with Crippen LogP contribution in [0.2, 0.25) is 5.02 Å². The summed E-state index contributed by atoms with van der Waals surface area (Å²) in [5.74, 6) is 0.0744. The lowest BCUT2D eigenvalue weighted by atomic mass is 9.97. The van der Waals surface area contributed by atoms with E-state index in [1.807, 2.05) is 0 Å². The van der Waals surface area contributed by atoms with Crippen LogP contribution in [0, 0.1) is 5.95 Å². The minimum absolute atomic E-state index is 0.0483. The molecular formula is C17H15ClFN5O2. The van der Waals surface area contributed by atoms with Crippen LogP contribution in [-0.2, 0) is 0 Å². The molecule has 26 heavy (non-hydrogen) atoms. The van der Waals surface area contributed by atoms with Gasteiger partial charge >= 0.3 is 0 Å². The lowest BCUT2D eigenvalue weighted by Crippen LogP contribution is -2.39. The number of carbonyl (C=O) groups is 1. The van der Waals surface area contributed by atoms with Gasteiger partial charge in [0, 0.05) is 25.5 Å². The lowest BCUT2D eigenvalue weighted by Gasteiger charge is -2.31. The first-order valence-electron chi connectivity index (χ1n) is 8.19. The Balaban J connectivity index is 1.49. The summed E-state index contributed by atoms with van der Waals surface area (Å²) in [5.41, 5.74) is 1.03. The van der Waals surface area contributed by atoms with Gasteiger partial charge in [0.05, 0.1) is 22.2 Å². The number of hydrogen-bond acceptors (Lipinski definition) is 5. The summed E-state index contributed by atoms with van der Waals surface area (Å²) < 4.78 is 18.3. The van der Waals surface area contributed by atoms with Gasteiger partial charge in [0.15, 0.2) is 0 Å². The monoisotopic (exact) mass is 375 g/mol. The predicted molar refractivity (Wildman–Crippen MR) is 91.2 cm³/mol. The van der Waals surface area contributed by atoms with E-state index in [0.29, 0.717) is 41.1 Å². The summed E-state index contributed by atoms with van der Waals surface area (Å²) >= 11 is 5.90. The van der Waals surface area contributed by atoms with Crippen molar-refractivity contribution in [2.24, 2.45) is 0 Å². The number of pyridine rings is 1. The Kier molecular flexibility index (Phi) is 4.42. The molecule has 1 aliphatic heterocycles. The topological polar surface area (TPSA) is 87.9 Å². The largest absolute Gasteiger partial charge is 0.357 e. The molecule has 0 radical (unpaired) electrons. The first-order chi connectivity index (χ1) is 12.6. The number of amides is 1. The Labute approximate surface area is 153 Å². The zero-order chi connectivity index (χ0) is 18.1. The zero-order valence-electron chi connectivity index (χ0n) is 13.7. The number of aromatic amines is 1.